The first-order valence-corrected chi connectivity index (χ1v) is 7.32. The second-order valence-corrected chi connectivity index (χ2v) is 5.87. The molecular formula is C14H17BrN2O3. The third-order valence-electron chi connectivity index (χ3n) is 3.56. The lowest BCUT2D eigenvalue weighted by molar-refractivity contribution is -0.141. The van der Waals surface area contributed by atoms with Crippen LogP contribution in [0.4, 0.5) is 10.5 Å². The number of nitrogens with one attached hydrogen (secondary N) is 2. The molecule has 5 nitrogen and oxygen atoms in total. The Bertz CT molecular complexity index is 533. The number of hydrogen-bond acceptors (Lipinski definition) is 2. The van der Waals surface area contributed by atoms with Gasteiger partial charge in [0.25, 0.3) is 0 Å². The molecule has 0 spiro atoms. The van der Waals surface area contributed by atoms with Gasteiger partial charge in [-0.2, -0.15) is 0 Å². The minimum Gasteiger partial charge on any atom is -0.481 e. The number of aliphatic carboxylic acids is 1. The highest BCUT2D eigenvalue weighted by atomic mass is 79.9. The molecule has 1 saturated carbocycles. The van der Waals surface area contributed by atoms with Crippen molar-refractivity contribution in [1.82, 2.24) is 5.32 Å². The summed E-state index contributed by atoms with van der Waals surface area (Å²) in [6.07, 6.45) is 1.82. The Morgan fingerprint density at radius 1 is 1.35 bits per heavy atom. The van der Waals surface area contributed by atoms with Crippen LogP contribution in [0.25, 0.3) is 0 Å². The Labute approximate surface area is 125 Å². The van der Waals surface area contributed by atoms with Gasteiger partial charge in [0.15, 0.2) is 0 Å². The number of hydrogen-bond donors (Lipinski definition) is 3. The molecule has 0 radical (unpaired) electrons. The maximum absolute atomic E-state index is 11.9. The fourth-order valence-corrected chi connectivity index (χ4v) is 2.79. The van der Waals surface area contributed by atoms with Crippen molar-refractivity contribution in [2.45, 2.75) is 32.2 Å². The number of amides is 2. The molecule has 2 atom stereocenters. The molecule has 6 heteroatoms. The number of rotatable bonds is 3. The van der Waals surface area contributed by atoms with Gasteiger partial charge in [-0.15, -0.1) is 0 Å². The minimum absolute atomic E-state index is 0.0697. The van der Waals surface area contributed by atoms with E-state index in [4.69, 9.17) is 5.11 Å². The monoisotopic (exact) mass is 340 g/mol. The van der Waals surface area contributed by atoms with Crippen LogP contribution in [0.3, 0.4) is 0 Å². The zero-order valence-electron chi connectivity index (χ0n) is 11.1. The highest BCUT2D eigenvalue weighted by Crippen LogP contribution is 2.27. The van der Waals surface area contributed by atoms with Gasteiger partial charge in [0.05, 0.1) is 11.6 Å². The van der Waals surface area contributed by atoms with Crippen LogP contribution in [0.2, 0.25) is 0 Å². The van der Waals surface area contributed by atoms with Gasteiger partial charge in [-0.25, -0.2) is 4.79 Å². The predicted molar refractivity (Wildman–Crippen MR) is 79.8 cm³/mol. The first kappa shape index (κ1) is 14.8. The third-order valence-corrected chi connectivity index (χ3v) is 4.61. The van der Waals surface area contributed by atoms with Gasteiger partial charge in [0.1, 0.15) is 0 Å². The van der Waals surface area contributed by atoms with Crippen LogP contribution in [-0.2, 0) is 4.79 Å². The number of benzene rings is 1. The van der Waals surface area contributed by atoms with Crippen LogP contribution < -0.4 is 10.6 Å². The number of carbonyl (C=O) groups excluding carboxylic acids is 1. The van der Waals surface area contributed by atoms with Crippen molar-refractivity contribution in [2.24, 2.45) is 5.92 Å². The Morgan fingerprint density at radius 3 is 2.75 bits per heavy atom. The van der Waals surface area contributed by atoms with Crippen LogP contribution in [-0.4, -0.2) is 23.1 Å². The van der Waals surface area contributed by atoms with Gasteiger partial charge < -0.3 is 15.7 Å². The SMILES string of the molecule is Cc1cccc(NC(=O)NC2CCC(C(=O)O)C2)c1Br. The summed E-state index contributed by atoms with van der Waals surface area (Å²) in [4.78, 5) is 22.8. The molecule has 0 bridgehead atoms. The topological polar surface area (TPSA) is 78.4 Å². The zero-order valence-corrected chi connectivity index (χ0v) is 12.7. The van der Waals surface area contributed by atoms with Gasteiger partial charge in [0, 0.05) is 10.5 Å². The molecule has 1 aromatic carbocycles. The quantitative estimate of drug-likeness (QED) is 0.790. The van der Waals surface area contributed by atoms with Crippen LogP contribution in [0.1, 0.15) is 24.8 Å². The van der Waals surface area contributed by atoms with Crippen LogP contribution >= 0.6 is 15.9 Å². The minimum atomic E-state index is -0.781. The lowest BCUT2D eigenvalue weighted by Crippen LogP contribution is -2.36. The Hall–Kier alpha value is -1.56. The van der Waals surface area contributed by atoms with Crippen molar-refractivity contribution < 1.29 is 14.7 Å². The summed E-state index contributed by atoms with van der Waals surface area (Å²) in [5.74, 6) is -1.12. The second kappa shape index (κ2) is 6.26. The number of aryl methyl sites for hydroxylation is 1. The Kier molecular flexibility index (Phi) is 4.65. The molecule has 0 saturated heterocycles. The molecule has 2 unspecified atom stereocenters. The summed E-state index contributed by atoms with van der Waals surface area (Å²) in [5.41, 5.74) is 1.74. The van der Waals surface area contributed by atoms with E-state index in [1.165, 1.54) is 0 Å². The standard InChI is InChI=1S/C14H17BrN2O3/c1-8-3-2-4-11(12(8)15)17-14(20)16-10-6-5-9(7-10)13(18)19/h2-4,9-10H,5-7H2,1H3,(H,18,19)(H2,16,17,20). The Morgan fingerprint density at radius 2 is 2.10 bits per heavy atom. The van der Waals surface area contributed by atoms with Crippen LogP contribution in [0, 0.1) is 12.8 Å². The molecule has 0 heterocycles. The number of carboxylic acid groups (broad SMARTS) is 1. The van der Waals surface area contributed by atoms with Gasteiger partial charge >= 0.3 is 12.0 Å². The second-order valence-electron chi connectivity index (χ2n) is 5.08. The summed E-state index contributed by atoms with van der Waals surface area (Å²) in [6, 6.07) is 5.26. The fourth-order valence-electron chi connectivity index (χ4n) is 2.42. The smallest absolute Gasteiger partial charge is 0.319 e. The normalized spacial score (nSPS) is 21.5. The summed E-state index contributed by atoms with van der Waals surface area (Å²) < 4.78 is 0.852. The summed E-state index contributed by atoms with van der Waals surface area (Å²) in [5, 5.41) is 14.5. The van der Waals surface area contributed by atoms with Crippen molar-refractivity contribution in [3.63, 3.8) is 0 Å². The van der Waals surface area contributed by atoms with E-state index in [-0.39, 0.29) is 18.0 Å². The molecule has 20 heavy (non-hydrogen) atoms. The van der Waals surface area contributed by atoms with Crippen molar-refractivity contribution in [3.8, 4) is 0 Å². The number of halogens is 1. The maximum Gasteiger partial charge on any atom is 0.319 e. The molecule has 1 aliphatic carbocycles. The van der Waals surface area contributed by atoms with Gasteiger partial charge in [0.2, 0.25) is 0 Å². The van der Waals surface area contributed by atoms with Crippen LogP contribution in [0.15, 0.2) is 22.7 Å². The van der Waals surface area contributed by atoms with Gasteiger partial charge in [-0.05, 0) is 53.7 Å². The zero-order chi connectivity index (χ0) is 14.7. The molecule has 108 valence electrons. The van der Waals surface area contributed by atoms with E-state index in [0.717, 1.165) is 10.0 Å². The van der Waals surface area contributed by atoms with Crippen molar-refractivity contribution in [1.29, 1.82) is 0 Å². The molecule has 0 aliphatic heterocycles. The van der Waals surface area contributed by atoms with E-state index in [1.54, 1.807) is 0 Å². The van der Waals surface area contributed by atoms with Crippen molar-refractivity contribution >= 4 is 33.6 Å². The number of urea groups is 1. The van der Waals surface area contributed by atoms with Crippen molar-refractivity contribution in [2.75, 3.05) is 5.32 Å². The molecule has 2 rings (SSSR count). The molecular weight excluding hydrogens is 324 g/mol. The summed E-state index contributed by atoms with van der Waals surface area (Å²) in [7, 11) is 0. The average Bonchev–Trinajstić information content (AvgIpc) is 2.83. The first-order valence-electron chi connectivity index (χ1n) is 6.53. The summed E-state index contributed by atoms with van der Waals surface area (Å²) in [6.45, 7) is 1.95. The largest absolute Gasteiger partial charge is 0.481 e. The maximum atomic E-state index is 11.9. The van der Waals surface area contributed by atoms with E-state index >= 15 is 0 Å². The third kappa shape index (κ3) is 3.50. The molecule has 1 fully saturated rings. The fraction of sp³-hybridized carbons (Fsp3) is 0.429. The van der Waals surface area contributed by atoms with E-state index in [0.29, 0.717) is 24.9 Å². The molecule has 1 aromatic rings. The molecule has 2 amide bonds. The Balaban J connectivity index is 1.90. The van der Waals surface area contributed by atoms with Crippen LogP contribution in [0.5, 0.6) is 0 Å². The van der Waals surface area contributed by atoms with E-state index in [1.807, 2.05) is 25.1 Å². The van der Waals surface area contributed by atoms with E-state index in [2.05, 4.69) is 26.6 Å². The van der Waals surface area contributed by atoms with E-state index < -0.39 is 5.97 Å². The average molecular weight is 341 g/mol. The van der Waals surface area contributed by atoms with Gasteiger partial charge in [-0.3, -0.25) is 4.79 Å². The van der Waals surface area contributed by atoms with Gasteiger partial charge in [-0.1, -0.05) is 12.1 Å². The lowest BCUT2D eigenvalue weighted by atomic mass is 10.1. The molecule has 3 N–H and O–H groups in total. The predicted octanol–water partition coefficient (Wildman–Crippen LogP) is 3.13. The molecule has 1 aliphatic rings. The van der Waals surface area contributed by atoms with Crippen molar-refractivity contribution in [3.05, 3.63) is 28.2 Å². The molecule has 0 aromatic heterocycles. The highest BCUT2D eigenvalue weighted by molar-refractivity contribution is 9.10. The first-order chi connectivity index (χ1) is 9.47. The lowest BCUT2D eigenvalue weighted by Gasteiger charge is -2.14. The number of anilines is 1. The summed E-state index contributed by atoms with van der Waals surface area (Å²) >= 11 is 3.43. The number of carbonyl (C=O) groups is 2. The highest BCUT2D eigenvalue weighted by Gasteiger charge is 2.30. The number of carboxylic acids is 1. The van der Waals surface area contributed by atoms with E-state index in [9.17, 15) is 9.59 Å².